The van der Waals surface area contributed by atoms with Gasteiger partial charge in [-0.1, -0.05) is 0 Å². The number of rotatable bonds is 7. The lowest BCUT2D eigenvalue weighted by Crippen LogP contribution is -2.19. The Hall–Kier alpha value is -1.79. The van der Waals surface area contributed by atoms with E-state index in [1.165, 1.54) is 7.11 Å². The third kappa shape index (κ3) is 4.61. The van der Waals surface area contributed by atoms with Gasteiger partial charge in [-0.2, -0.15) is 0 Å². The van der Waals surface area contributed by atoms with Crippen LogP contribution in [-0.4, -0.2) is 52.2 Å². The molecule has 0 aliphatic carbocycles. The van der Waals surface area contributed by atoms with Gasteiger partial charge in [0.15, 0.2) is 0 Å². The van der Waals surface area contributed by atoms with Crippen molar-refractivity contribution in [2.24, 2.45) is 0 Å². The van der Waals surface area contributed by atoms with Crippen LogP contribution in [0.4, 0.5) is 0 Å². The van der Waals surface area contributed by atoms with E-state index in [1.54, 1.807) is 25.3 Å². The van der Waals surface area contributed by atoms with Crippen LogP contribution in [-0.2, 0) is 14.2 Å². The Balaban J connectivity index is 2.17. The lowest BCUT2D eigenvalue weighted by molar-refractivity contribution is 0.0597. The first-order valence-electron chi connectivity index (χ1n) is 7.25. The van der Waals surface area contributed by atoms with Gasteiger partial charge in [-0.05, 0) is 19.1 Å². The first kappa shape index (κ1) is 16.6. The highest BCUT2D eigenvalue weighted by molar-refractivity contribution is 5.90. The van der Waals surface area contributed by atoms with Crippen molar-refractivity contribution in [3.8, 4) is 11.5 Å². The molecule has 1 saturated heterocycles. The molecule has 1 aromatic carbocycles. The van der Waals surface area contributed by atoms with Crippen LogP contribution in [0.2, 0.25) is 0 Å². The number of esters is 1. The molecule has 0 bridgehead atoms. The fourth-order valence-electron chi connectivity index (χ4n) is 2.24. The van der Waals surface area contributed by atoms with Gasteiger partial charge in [-0.3, -0.25) is 0 Å². The van der Waals surface area contributed by atoms with Gasteiger partial charge in [0.05, 0.1) is 32.5 Å². The number of benzene rings is 1. The summed E-state index contributed by atoms with van der Waals surface area (Å²) in [6.45, 7) is 3.59. The van der Waals surface area contributed by atoms with E-state index < -0.39 is 5.97 Å². The Bertz CT molecular complexity index is 495. The molecule has 122 valence electrons. The van der Waals surface area contributed by atoms with E-state index in [9.17, 15) is 4.79 Å². The molecule has 0 saturated carbocycles. The predicted molar refractivity (Wildman–Crippen MR) is 79.6 cm³/mol. The van der Waals surface area contributed by atoms with Crippen molar-refractivity contribution in [1.82, 2.24) is 0 Å². The third-order valence-corrected chi connectivity index (χ3v) is 3.23. The van der Waals surface area contributed by atoms with Gasteiger partial charge in [0.1, 0.15) is 23.7 Å². The largest absolute Gasteiger partial charge is 0.488 e. The molecule has 1 aromatic rings. The van der Waals surface area contributed by atoms with Gasteiger partial charge in [-0.25, -0.2) is 4.79 Å². The normalized spacial score (nSPS) is 18.8. The summed E-state index contributed by atoms with van der Waals surface area (Å²) in [5.41, 5.74) is 0.388. The van der Waals surface area contributed by atoms with Crippen LogP contribution < -0.4 is 9.47 Å². The molecule has 1 fully saturated rings. The SMILES string of the molecule is COC[C@H](C)Oc1cc(O[C@@H]2CCOC2)cc(C(=O)OC)c1. The van der Waals surface area contributed by atoms with E-state index in [-0.39, 0.29) is 12.2 Å². The Morgan fingerprint density at radius 3 is 2.73 bits per heavy atom. The molecule has 22 heavy (non-hydrogen) atoms. The van der Waals surface area contributed by atoms with Crippen LogP contribution in [0.3, 0.4) is 0 Å². The molecule has 0 N–H and O–H groups in total. The molecule has 2 atom stereocenters. The highest BCUT2D eigenvalue weighted by Crippen LogP contribution is 2.26. The van der Waals surface area contributed by atoms with Gasteiger partial charge < -0.3 is 23.7 Å². The van der Waals surface area contributed by atoms with Crippen molar-refractivity contribution in [3.05, 3.63) is 23.8 Å². The summed E-state index contributed by atoms with van der Waals surface area (Å²) in [6, 6.07) is 5.05. The van der Waals surface area contributed by atoms with Gasteiger partial charge in [-0.15, -0.1) is 0 Å². The minimum absolute atomic E-state index is 0.00264. The van der Waals surface area contributed by atoms with Crippen molar-refractivity contribution in [2.75, 3.05) is 34.0 Å². The average Bonchev–Trinajstić information content (AvgIpc) is 2.99. The molecule has 0 amide bonds. The zero-order valence-electron chi connectivity index (χ0n) is 13.2. The van der Waals surface area contributed by atoms with E-state index in [0.29, 0.717) is 36.9 Å². The van der Waals surface area contributed by atoms with E-state index in [4.69, 9.17) is 23.7 Å². The van der Waals surface area contributed by atoms with E-state index in [1.807, 2.05) is 6.92 Å². The molecule has 1 heterocycles. The number of carbonyl (C=O) groups is 1. The van der Waals surface area contributed by atoms with Gasteiger partial charge in [0.2, 0.25) is 0 Å². The van der Waals surface area contributed by atoms with Gasteiger partial charge >= 0.3 is 5.97 Å². The van der Waals surface area contributed by atoms with E-state index in [2.05, 4.69) is 0 Å². The lowest BCUT2D eigenvalue weighted by atomic mass is 10.2. The predicted octanol–water partition coefficient (Wildman–Crippen LogP) is 2.05. The summed E-state index contributed by atoms with van der Waals surface area (Å²) in [6.07, 6.45) is 0.691. The summed E-state index contributed by atoms with van der Waals surface area (Å²) in [5, 5.41) is 0. The maximum absolute atomic E-state index is 11.8. The van der Waals surface area contributed by atoms with Crippen molar-refractivity contribution in [1.29, 1.82) is 0 Å². The second-order valence-electron chi connectivity index (χ2n) is 5.17. The fraction of sp³-hybridized carbons (Fsp3) is 0.562. The number of methoxy groups -OCH3 is 2. The number of hydrogen-bond acceptors (Lipinski definition) is 6. The van der Waals surface area contributed by atoms with E-state index >= 15 is 0 Å². The number of hydrogen-bond donors (Lipinski definition) is 0. The molecular weight excluding hydrogens is 288 g/mol. The van der Waals surface area contributed by atoms with Crippen LogP contribution in [0.5, 0.6) is 11.5 Å². The molecule has 2 rings (SSSR count). The smallest absolute Gasteiger partial charge is 0.338 e. The summed E-state index contributed by atoms with van der Waals surface area (Å²) < 4.78 is 26.7. The number of carbonyl (C=O) groups excluding carboxylic acids is 1. The zero-order chi connectivity index (χ0) is 15.9. The lowest BCUT2D eigenvalue weighted by Gasteiger charge is -2.17. The molecule has 0 radical (unpaired) electrons. The van der Waals surface area contributed by atoms with Gasteiger partial charge in [0, 0.05) is 19.6 Å². The maximum Gasteiger partial charge on any atom is 0.338 e. The zero-order valence-corrected chi connectivity index (χ0v) is 13.2. The molecule has 0 spiro atoms. The Labute approximate surface area is 130 Å². The fourth-order valence-corrected chi connectivity index (χ4v) is 2.24. The minimum atomic E-state index is -0.433. The van der Waals surface area contributed by atoms with Crippen LogP contribution in [0.1, 0.15) is 23.7 Å². The standard InChI is InChI=1S/C16H22O6/c1-11(9-18-2)21-14-6-12(16(17)19-3)7-15(8-14)22-13-4-5-20-10-13/h6-8,11,13H,4-5,9-10H2,1-3H3/t11-,13+/m0/s1. The second kappa shape index (κ2) is 8.00. The third-order valence-electron chi connectivity index (χ3n) is 3.23. The second-order valence-corrected chi connectivity index (χ2v) is 5.17. The quantitative estimate of drug-likeness (QED) is 0.718. The minimum Gasteiger partial charge on any atom is -0.488 e. The Morgan fingerprint density at radius 1 is 1.32 bits per heavy atom. The van der Waals surface area contributed by atoms with Crippen LogP contribution in [0.15, 0.2) is 18.2 Å². The molecule has 6 heteroatoms. The highest BCUT2D eigenvalue weighted by atomic mass is 16.6. The van der Waals surface area contributed by atoms with Gasteiger partial charge in [0.25, 0.3) is 0 Å². The molecule has 6 nitrogen and oxygen atoms in total. The van der Waals surface area contributed by atoms with Crippen molar-refractivity contribution >= 4 is 5.97 Å². The first-order valence-corrected chi connectivity index (χ1v) is 7.25. The van der Waals surface area contributed by atoms with Crippen LogP contribution in [0.25, 0.3) is 0 Å². The van der Waals surface area contributed by atoms with Crippen molar-refractivity contribution in [3.63, 3.8) is 0 Å². The van der Waals surface area contributed by atoms with Crippen molar-refractivity contribution in [2.45, 2.75) is 25.6 Å². The average molecular weight is 310 g/mol. The molecule has 1 aliphatic heterocycles. The van der Waals surface area contributed by atoms with Crippen LogP contribution >= 0.6 is 0 Å². The molecule has 0 aromatic heterocycles. The summed E-state index contributed by atoms with van der Waals surface area (Å²) >= 11 is 0. The summed E-state index contributed by atoms with van der Waals surface area (Å²) in [7, 11) is 2.95. The first-order chi connectivity index (χ1) is 10.6. The monoisotopic (exact) mass is 310 g/mol. The molecule has 1 aliphatic rings. The topological polar surface area (TPSA) is 63.2 Å². The summed E-state index contributed by atoms with van der Waals surface area (Å²) in [4.78, 5) is 11.8. The number of ether oxygens (including phenoxy) is 5. The molecule has 0 unspecified atom stereocenters. The van der Waals surface area contributed by atoms with E-state index in [0.717, 1.165) is 6.42 Å². The van der Waals surface area contributed by atoms with Crippen LogP contribution in [0, 0.1) is 0 Å². The maximum atomic E-state index is 11.8. The van der Waals surface area contributed by atoms with Crippen molar-refractivity contribution < 1.29 is 28.5 Å². The summed E-state index contributed by atoms with van der Waals surface area (Å²) in [5.74, 6) is 0.678. The highest BCUT2D eigenvalue weighted by Gasteiger charge is 2.19. The molecular formula is C16H22O6. The Morgan fingerprint density at radius 2 is 2.09 bits per heavy atom. The Kier molecular flexibility index (Phi) is 6.03.